The molecule has 0 amide bonds. The maximum absolute atomic E-state index is 13.7. The predicted octanol–water partition coefficient (Wildman–Crippen LogP) is 4.06. The summed E-state index contributed by atoms with van der Waals surface area (Å²) in [4.78, 5) is 12.6. The smallest absolute Gasteiger partial charge is 0.169 e. The number of Topliss-reactive ketones (excluding diaryl/α,β-unsaturated/α-hetero) is 1. The van der Waals surface area contributed by atoms with Crippen LogP contribution in [0.25, 0.3) is 0 Å². The van der Waals surface area contributed by atoms with Gasteiger partial charge < -0.3 is 4.74 Å². The Labute approximate surface area is 124 Å². The molecule has 116 valence electrons. The fourth-order valence-corrected chi connectivity index (χ4v) is 3.01. The molecule has 1 fully saturated rings. The summed E-state index contributed by atoms with van der Waals surface area (Å²) in [6.07, 6.45) is 3.21. The number of carbonyl (C=O) groups is 1. The highest BCUT2D eigenvalue weighted by Crippen LogP contribution is 2.36. The van der Waals surface area contributed by atoms with Crippen molar-refractivity contribution in [2.75, 3.05) is 6.61 Å². The molecule has 1 aromatic rings. The number of benzene rings is 1. The second-order valence-corrected chi connectivity index (χ2v) is 5.95. The average Bonchev–Trinajstić information content (AvgIpc) is 2.45. The largest absolute Gasteiger partial charge is 0.367 e. The fraction of sp³-hybridized carbons (Fsp3) is 0.588. The van der Waals surface area contributed by atoms with Crippen molar-refractivity contribution in [1.29, 1.82) is 0 Å². The van der Waals surface area contributed by atoms with Gasteiger partial charge in [-0.3, -0.25) is 4.79 Å². The Balaban J connectivity index is 2.15. The molecule has 0 aliphatic heterocycles. The van der Waals surface area contributed by atoms with E-state index in [1.54, 1.807) is 0 Å². The summed E-state index contributed by atoms with van der Waals surface area (Å²) in [7, 11) is 0. The van der Waals surface area contributed by atoms with Crippen molar-refractivity contribution in [2.45, 2.75) is 51.6 Å². The maximum Gasteiger partial charge on any atom is 0.169 e. The maximum atomic E-state index is 13.7. The standard InChI is InChI=1S/C17H22F2O2/c1-3-21-17(8-6-12(2)7-9-17)16(20)10-13-4-5-14(18)11-15(13)19/h4-5,11-12H,3,6-10H2,1-2H3. The van der Waals surface area contributed by atoms with Crippen molar-refractivity contribution in [2.24, 2.45) is 5.92 Å². The first-order chi connectivity index (χ1) is 9.97. The Morgan fingerprint density at radius 1 is 1.33 bits per heavy atom. The first-order valence-corrected chi connectivity index (χ1v) is 7.58. The van der Waals surface area contributed by atoms with E-state index in [0.717, 1.165) is 18.9 Å². The molecule has 0 atom stereocenters. The van der Waals surface area contributed by atoms with Crippen LogP contribution in [-0.2, 0) is 16.0 Å². The quantitative estimate of drug-likeness (QED) is 0.819. The second kappa shape index (κ2) is 6.65. The lowest BCUT2D eigenvalue weighted by Gasteiger charge is -2.38. The number of ketones is 1. The van der Waals surface area contributed by atoms with E-state index in [1.807, 2.05) is 6.92 Å². The van der Waals surface area contributed by atoms with Crippen LogP contribution in [0, 0.1) is 17.6 Å². The molecule has 1 aliphatic carbocycles. The minimum absolute atomic E-state index is 0.0412. The Morgan fingerprint density at radius 2 is 2.00 bits per heavy atom. The summed E-state index contributed by atoms with van der Waals surface area (Å²) in [6, 6.07) is 3.34. The van der Waals surface area contributed by atoms with Crippen LogP contribution in [-0.4, -0.2) is 18.0 Å². The Kier molecular flexibility index (Phi) is 5.09. The van der Waals surface area contributed by atoms with Crippen LogP contribution in [0.3, 0.4) is 0 Å². The van der Waals surface area contributed by atoms with Crippen LogP contribution >= 0.6 is 0 Å². The molecule has 1 aromatic carbocycles. The molecular formula is C17H22F2O2. The molecule has 0 aromatic heterocycles. The second-order valence-electron chi connectivity index (χ2n) is 5.95. The highest BCUT2D eigenvalue weighted by Gasteiger charge is 2.41. The van der Waals surface area contributed by atoms with E-state index < -0.39 is 17.2 Å². The summed E-state index contributed by atoms with van der Waals surface area (Å²) in [5.74, 6) is -0.801. The summed E-state index contributed by atoms with van der Waals surface area (Å²) >= 11 is 0. The summed E-state index contributed by atoms with van der Waals surface area (Å²) in [6.45, 7) is 4.50. The lowest BCUT2D eigenvalue weighted by molar-refractivity contribution is -0.149. The number of ether oxygens (including phenoxy) is 1. The molecule has 0 bridgehead atoms. The monoisotopic (exact) mass is 296 g/mol. The lowest BCUT2D eigenvalue weighted by atomic mass is 9.75. The molecule has 0 N–H and O–H groups in total. The van der Waals surface area contributed by atoms with Crippen molar-refractivity contribution in [1.82, 2.24) is 0 Å². The van der Waals surface area contributed by atoms with Crippen molar-refractivity contribution in [3.05, 3.63) is 35.4 Å². The van der Waals surface area contributed by atoms with Gasteiger partial charge in [-0.15, -0.1) is 0 Å². The van der Waals surface area contributed by atoms with Gasteiger partial charge in [0.05, 0.1) is 0 Å². The fourth-order valence-electron chi connectivity index (χ4n) is 3.01. The van der Waals surface area contributed by atoms with Gasteiger partial charge in [-0.25, -0.2) is 8.78 Å². The topological polar surface area (TPSA) is 26.3 Å². The van der Waals surface area contributed by atoms with E-state index >= 15 is 0 Å². The number of rotatable bonds is 5. The van der Waals surface area contributed by atoms with Crippen LogP contribution < -0.4 is 0 Å². The summed E-state index contributed by atoms with van der Waals surface area (Å²) in [5, 5.41) is 0. The zero-order valence-electron chi connectivity index (χ0n) is 12.6. The number of hydrogen-bond acceptors (Lipinski definition) is 2. The SMILES string of the molecule is CCOC1(C(=O)Cc2ccc(F)cc2F)CCC(C)CC1. The highest BCUT2D eigenvalue weighted by atomic mass is 19.1. The molecule has 2 nitrogen and oxygen atoms in total. The van der Waals surface area contributed by atoms with Crippen LogP contribution in [0.5, 0.6) is 0 Å². The van der Waals surface area contributed by atoms with Gasteiger partial charge in [-0.05, 0) is 50.2 Å². The molecule has 4 heteroatoms. The first kappa shape index (κ1) is 16.1. The number of carbonyl (C=O) groups excluding carboxylic acids is 1. The molecule has 0 saturated heterocycles. The van der Waals surface area contributed by atoms with E-state index in [4.69, 9.17) is 4.74 Å². The normalized spacial score (nSPS) is 25.8. The van der Waals surface area contributed by atoms with Crippen molar-refractivity contribution >= 4 is 5.78 Å². The van der Waals surface area contributed by atoms with Gasteiger partial charge in [0, 0.05) is 19.1 Å². The zero-order chi connectivity index (χ0) is 15.5. The molecule has 0 radical (unpaired) electrons. The van der Waals surface area contributed by atoms with E-state index in [1.165, 1.54) is 12.1 Å². The summed E-state index contributed by atoms with van der Waals surface area (Å²) < 4.78 is 32.4. The number of halogens is 2. The van der Waals surface area contributed by atoms with Crippen molar-refractivity contribution in [3.63, 3.8) is 0 Å². The Hall–Kier alpha value is -1.29. The van der Waals surface area contributed by atoms with Gasteiger partial charge >= 0.3 is 0 Å². The Morgan fingerprint density at radius 3 is 2.57 bits per heavy atom. The molecule has 1 aliphatic rings. The Bertz CT molecular complexity index is 506. The van der Waals surface area contributed by atoms with Gasteiger partial charge in [-0.2, -0.15) is 0 Å². The van der Waals surface area contributed by atoms with Crippen LogP contribution in [0.4, 0.5) is 8.78 Å². The van der Waals surface area contributed by atoms with E-state index in [-0.39, 0.29) is 17.8 Å². The molecule has 21 heavy (non-hydrogen) atoms. The minimum atomic E-state index is -0.790. The highest BCUT2D eigenvalue weighted by molar-refractivity contribution is 5.89. The molecule has 1 saturated carbocycles. The van der Waals surface area contributed by atoms with Crippen molar-refractivity contribution < 1.29 is 18.3 Å². The first-order valence-electron chi connectivity index (χ1n) is 7.58. The molecule has 2 rings (SSSR count). The van der Waals surface area contributed by atoms with E-state index in [9.17, 15) is 13.6 Å². The van der Waals surface area contributed by atoms with E-state index in [0.29, 0.717) is 25.4 Å². The van der Waals surface area contributed by atoms with Gasteiger partial charge in [0.25, 0.3) is 0 Å². The molecule has 0 spiro atoms. The summed E-state index contributed by atoms with van der Waals surface area (Å²) in [5.41, 5.74) is -0.554. The number of hydrogen-bond donors (Lipinski definition) is 0. The van der Waals surface area contributed by atoms with Gasteiger partial charge in [0.15, 0.2) is 5.78 Å². The zero-order valence-corrected chi connectivity index (χ0v) is 12.6. The van der Waals surface area contributed by atoms with Gasteiger partial charge in [0.2, 0.25) is 0 Å². The van der Waals surface area contributed by atoms with Gasteiger partial charge in [-0.1, -0.05) is 13.0 Å². The predicted molar refractivity (Wildman–Crippen MR) is 77.1 cm³/mol. The molecule has 0 heterocycles. The lowest BCUT2D eigenvalue weighted by Crippen LogP contribution is -2.45. The van der Waals surface area contributed by atoms with Crippen LogP contribution in [0.2, 0.25) is 0 Å². The minimum Gasteiger partial charge on any atom is -0.367 e. The van der Waals surface area contributed by atoms with Crippen LogP contribution in [0.15, 0.2) is 18.2 Å². The van der Waals surface area contributed by atoms with Crippen molar-refractivity contribution in [3.8, 4) is 0 Å². The van der Waals surface area contributed by atoms with Crippen LogP contribution in [0.1, 0.15) is 45.1 Å². The third kappa shape index (κ3) is 3.67. The third-order valence-corrected chi connectivity index (χ3v) is 4.38. The average molecular weight is 296 g/mol. The van der Waals surface area contributed by atoms with E-state index in [2.05, 4.69) is 6.92 Å². The molecular weight excluding hydrogens is 274 g/mol. The van der Waals surface area contributed by atoms with Gasteiger partial charge in [0.1, 0.15) is 17.2 Å². The third-order valence-electron chi connectivity index (χ3n) is 4.38. The molecule has 0 unspecified atom stereocenters.